The van der Waals surface area contributed by atoms with Crippen LogP contribution in [0.15, 0.2) is 18.2 Å². The van der Waals surface area contributed by atoms with Gasteiger partial charge in [-0.3, -0.25) is 10.1 Å². The summed E-state index contributed by atoms with van der Waals surface area (Å²) in [6.07, 6.45) is 0.911. The van der Waals surface area contributed by atoms with Crippen LogP contribution in [0.4, 0.5) is 5.69 Å². The molecule has 0 spiro atoms. The molecule has 1 N–H and O–H groups in total. The lowest BCUT2D eigenvalue weighted by molar-refractivity contribution is -0.385. The molecule has 1 atom stereocenters. The van der Waals surface area contributed by atoms with Gasteiger partial charge < -0.3 is 10.1 Å². The molecule has 0 fully saturated rings. The molecule has 1 unspecified atom stereocenters. The summed E-state index contributed by atoms with van der Waals surface area (Å²) in [5, 5.41) is 24.0. The third-order valence-corrected chi connectivity index (χ3v) is 4.20. The number of ether oxygens (including phenoxy) is 1. The van der Waals surface area contributed by atoms with Crippen LogP contribution in [0.3, 0.4) is 0 Å². The maximum absolute atomic E-state index is 10.9. The maximum Gasteiger partial charge on any atom is 0.310 e. The zero-order valence-electron chi connectivity index (χ0n) is 12.0. The summed E-state index contributed by atoms with van der Waals surface area (Å²) >= 11 is 1.47. The van der Waals surface area contributed by atoms with Crippen molar-refractivity contribution >= 4 is 17.0 Å². The van der Waals surface area contributed by atoms with Gasteiger partial charge in [0.1, 0.15) is 10.0 Å². The molecule has 0 radical (unpaired) electrons. The van der Waals surface area contributed by atoms with Crippen LogP contribution >= 0.6 is 11.3 Å². The first-order valence-corrected chi connectivity index (χ1v) is 7.25. The van der Waals surface area contributed by atoms with Gasteiger partial charge in [-0.25, -0.2) is 0 Å². The predicted molar refractivity (Wildman–Crippen MR) is 80.6 cm³/mol. The Labute approximate surface area is 126 Å². The van der Waals surface area contributed by atoms with Crippen LogP contribution in [0.25, 0.3) is 10.6 Å². The van der Waals surface area contributed by atoms with E-state index >= 15 is 0 Å². The van der Waals surface area contributed by atoms with Crippen molar-refractivity contribution in [3.63, 3.8) is 0 Å². The number of methoxy groups -OCH3 is 1. The summed E-state index contributed by atoms with van der Waals surface area (Å²) in [7, 11) is 3.29. The highest BCUT2D eigenvalue weighted by Gasteiger charge is 2.18. The normalized spacial score (nSPS) is 12.1. The minimum absolute atomic E-state index is 0.0624. The third kappa shape index (κ3) is 3.17. The summed E-state index contributed by atoms with van der Waals surface area (Å²) in [5.41, 5.74) is 0.694. The minimum Gasteiger partial charge on any atom is -0.490 e. The number of nitro groups is 1. The monoisotopic (exact) mass is 308 g/mol. The standard InChI is InChI=1S/C13H16N4O3S/c1-4-9(14-2)13-16-15-12(21-13)8-5-6-10(17(18)19)11(7-8)20-3/h5-7,9,14H,4H2,1-3H3. The third-order valence-electron chi connectivity index (χ3n) is 3.12. The van der Waals surface area contributed by atoms with Crippen LogP contribution in [-0.4, -0.2) is 29.3 Å². The van der Waals surface area contributed by atoms with E-state index in [0.29, 0.717) is 5.01 Å². The van der Waals surface area contributed by atoms with E-state index in [2.05, 4.69) is 22.4 Å². The average molecular weight is 308 g/mol. The minimum atomic E-state index is -0.470. The fourth-order valence-electron chi connectivity index (χ4n) is 1.96. The summed E-state index contributed by atoms with van der Waals surface area (Å²) < 4.78 is 5.07. The quantitative estimate of drug-likeness (QED) is 0.652. The average Bonchev–Trinajstić information content (AvgIpc) is 2.97. The summed E-state index contributed by atoms with van der Waals surface area (Å²) in [6, 6.07) is 4.86. The Bertz CT molecular complexity index is 640. The molecule has 0 aliphatic heterocycles. The van der Waals surface area contributed by atoms with Crippen LogP contribution in [-0.2, 0) is 0 Å². The molecule has 0 aliphatic rings. The fourth-order valence-corrected chi connectivity index (χ4v) is 2.99. The van der Waals surface area contributed by atoms with Crippen LogP contribution in [0.5, 0.6) is 5.75 Å². The lowest BCUT2D eigenvalue weighted by atomic mass is 10.2. The molecule has 112 valence electrons. The van der Waals surface area contributed by atoms with E-state index in [4.69, 9.17) is 4.74 Å². The molecule has 2 aromatic rings. The van der Waals surface area contributed by atoms with Crippen molar-refractivity contribution in [1.82, 2.24) is 15.5 Å². The number of nitro benzene ring substituents is 1. The van der Waals surface area contributed by atoms with Crippen molar-refractivity contribution < 1.29 is 9.66 Å². The molecule has 0 amide bonds. The summed E-state index contributed by atoms with van der Waals surface area (Å²) in [6.45, 7) is 2.07. The Morgan fingerprint density at radius 3 is 2.81 bits per heavy atom. The Morgan fingerprint density at radius 2 is 2.24 bits per heavy atom. The zero-order chi connectivity index (χ0) is 15.4. The molecular formula is C13H16N4O3S. The zero-order valence-corrected chi connectivity index (χ0v) is 12.8. The fraction of sp³-hybridized carbons (Fsp3) is 0.385. The first-order chi connectivity index (χ1) is 10.1. The molecule has 2 rings (SSSR count). The SMILES string of the molecule is CCC(NC)c1nnc(-c2ccc([N+](=O)[O-])c(OC)c2)s1. The number of hydrogen-bond donors (Lipinski definition) is 1. The van der Waals surface area contributed by atoms with Crippen molar-refractivity contribution in [1.29, 1.82) is 0 Å². The van der Waals surface area contributed by atoms with E-state index in [1.807, 2.05) is 7.05 Å². The Balaban J connectivity index is 2.36. The molecule has 0 bridgehead atoms. The lowest BCUT2D eigenvalue weighted by Crippen LogP contribution is -2.14. The second-order valence-electron chi connectivity index (χ2n) is 4.34. The summed E-state index contributed by atoms with van der Waals surface area (Å²) in [5.74, 6) is 0.218. The van der Waals surface area contributed by atoms with Crippen molar-refractivity contribution in [2.45, 2.75) is 19.4 Å². The van der Waals surface area contributed by atoms with Gasteiger partial charge in [-0.1, -0.05) is 18.3 Å². The smallest absolute Gasteiger partial charge is 0.310 e. The molecule has 1 aromatic heterocycles. The van der Waals surface area contributed by atoms with Gasteiger partial charge in [-0.2, -0.15) is 0 Å². The molecule has 1 heterocycles. The van der Waals surface area contributed by atoms with Gasteiger partial charge in [0.2, 0.25) is 0 Å². The molecule has 0 saturated carbocycles. The molecule has 21 heavy (non-hydrogen) atoms. The first kappa shape index (κ1) is 15.3. The first-order valence-electron chi connectivity index (χ1n) is 6.44. The molecule has 1 aromatic carbocycles. The number of rotatable bonds is 6. The van der Waals surface area contributed by atoms with Gasteiger partial charge >= 0.3 is 5.69 Å². The predicted octanol–water partition coefficient (Wildman–Crippen LogP) is 2.79. The molecule has 0 aliphatic carbocycles. The molecular weight excluding hydrogens is 292 g/mol. The van der Waals surface area contributed by atoms with E-state index in [9.17, 15) is 10.1 Å². The van der Waals surface area contributed by atoms with Crippen molar-refractivity contribution in [2.24, 2.45) is 0 Å². The number of benzene rings is 1. The summed E-state index contributed by atoms with van der Waals surface area (Å²) in [4.78, 5) is 10.4. The van der Waals surface area contributed by atoms with Crippen LogP contribution in [0.2, 0.25) is 0 Å². The molecule has 8 heteroatoms. The van der Waals surface area contributed by atoms with Crippen molar-refractivity contribution in [3.05, 3.63) is 33.3 Å². The van der Waals surface area contributed by atoms with Gasteiger partial charge in [-0.05, 0) is 25.6 Å². The number of aromatic nitrogens is 2. The lowest BCUT2D eigenvalue weighted by Gasteiger charge is -2.08. The van der Waals surface area contributed by atoms with Crippen LogP contribution in [0, 0.1) is 10.1 Å². The number of nitrogens with zero attached hydrogens (tertiary/aromatic N) is 3. The highest BCUT2D eigenvalue weighted by atomic mass is 32.1. The van der Waals surface area contributed by atoms with E-state index in [1.54, 1.807) is 12.1 Å². The van der Waals surface area contributed by atoms with Gasteiger partial charge in [0.05, 0.1) is 18.1 Å². The number of nitrogens with one attached hydrogen (secondary N) is 1. The van der Waals surface area contributed by atoms with Gasteiger partial charge in [-0.15, -0.1) is 10.2 Å². The van der Waals surface area contributed by atoms with E-state index in [-0.39, 0.29) is 17.5 Å². The highest BCUT2D eigenvalue weighted by Crippen LogP contribution is 2.34. The maximum atomic E-state index is 10.9. The van der Waals surface area contributed by atoms with Gasteiger partial charge in [0, 0.05) is 11.6 Å². The van der Waals surface area contributed by atoms with Crippen molar-refractivity contribution in [2.75, 3.05) is 14.2 Å². The van der Waals surface area contributed by atoms with E-state index in [0.717, 1.165) is 17.0 Å². The van der Waals surface area contributed by atoms with Gasteiger partial charge in [0.15, 0.2) is 5.75 Å². The van der Waals surface area contributed by atoms with Crippen molar-refractivity contribution in [3.8, 4) is 16.3 Å². The highest BCUT2D eigenvalue weighted by molar-refractivity contribution is 7.14. The van der Waals surface area contributed by atoms with Gasteiger partial charge in [0.25, 0.3) is 0 Å². The molecule has 7 nitrogen and oxygen atoms in total. The second-order valence-corrected chi connectivity index (χ2v) is 5.35. The van der Waals surface area contributed by atoms with Crippen LogP contribution in [0.1, 0.15) is 24.4 Å². The largest absolute Gasteiger partial charge is 0.490 e. The molecule has 0 saturated heterocycles. The Kier molecular flexibility index (Phi) is 4.81. The number of hydrogen-bond acceptors (Lipinski definition) is 7. The second kappa shape index (κ2) is 6.59. The van der Waals surface area contributed by atoms with Crippen LogP contribution < -0.4 is 10.1 Å². The Hall–Kier alpha value is -2.06. The van der Waals surface area contributed by atoms with E-state index in [1.165, 1.54) is 24.5 Å². The Morgan fingerprint density at radius 1 is 1.48 bits per heavy atom. The topological polar surface area (TPSA) is 90.2 Å². The van der Waals surface area contributed by atoms with E-state index < -0.39 is 4.92 Å².